The topological polar surface area (TPSA) is 70.6 Å². The highest BCUT2D eigenvalue weighted by atomic mass is 32.2. The van der Waals surface area contributed by atoms with Crippen molar-refractivity contribution >= 4 is 56.7 Å². The lowest BCUT2D eigenvalue weighted by atomic mass is 10.1. The molecule has 2 unspecified atom stereocenters. The Morgan fingerprint density at radius 2 is 1.69 bits per heavy atom. The molecule has 8 heteroatoms. The Bertz CT molecular complexity index is 1360. The maximum absolute atomic E-state index is 14.0. The third-order valence-corrected chi connectivity index (χ3v) is 8.64. The second-order valence-electron chi connectivity index (χ2n) is 8.54. The Morgan fingerprint density at radius 3 is 2.39 bits per heavy atom. The summed E-state index contributed by atoms with van der Waals surface area (Å²) in [6.45, 7) is 2.21. The summed E-state index contributed by atoms with van der Waals surface area (Å²) in [7, 11) is 0. The normalized spacial score (nSPS) is 16.5. The van der Waals surface area contributed by atoms with Gasteiger partial charge in [0.05, 0.1) is 27.6 Å². The van der Waals surface area contributed by atoms with E-state index in [2.05, 4.69) is 4.98 Å². The number of carbonyl (C=O) groups excluding carboxylic acids is 3. The third kappa shape index (κ3) is 4.92. The minimum Gasteiger partial charge on any atom is -0.325 e. The SMILES string of the molecule is CCC(Sc1nc2ccccc2s1)C(=O)N(Cc1ccccc1)C1CC(=O)N(c2ccccc2)C1=O. The Labute approximate surface area is 217 Å². The molecule has 0 saturated carbocycles. The van der Waals surface area contributed by atoms with Crippen molar-refractivity contribution in [2.45, 2.75) is 41.9 Å². The summed E-state index contributed by atoms with van der Waals surface area (Å²) in [5.74, 6) is -0.823. The summed E-state index contributed by atoms with van der Waals surface area (Å²) >= 11 is 2.98. The number of thioether (sulfide) groups is 1. The fraction of sp³-hybridized carbons (Fsp3) is 0.214. The summed E-state index contributed by atoms with van der Waals surface area (Å²) in [6, 6.07) is 25.5. The van der Waals surface area contributed by atoms with Gasteiger partial charge in [-0.05, 0) is 36.2 Å². The molecule has 3 aromatic carbocycles. The van der Waals surface area contributed by atoms with Gasteiger partial charge in [-0.3, -0.25) is 14.4 Å². The minimum atomic E-state index is -0.851. The molecule has 1 aromatic heterocycles. The third-order valence-electron chi connectivity index (χ3n) is 6.16. The van der Waals surface area contributed by atoms with E-state index in [0.29, 0.717) is 12.1 Å². The Morgan fingerprint density at radius 1 is 1.03 bits per heavy atom. The molecule has 2 atom stereocenters. The van der Waals surface area contributed by atoms with Gasteiger partial charge in [0, 0.05) is 6.54 Å². The first kappa shape index (κ1) is 24.2. The number of carbonyl (C=O) groups is 3. The summed E-state index contributed by atoms with van der Waals surface area (Å²) in [4.78, 5) is 48.0. The molecule has 1 saturated heterocycles. The predicted octanol–water partition coefficient (Wildman–Crippen LogP) is 5.53. The van der Waals surface area contributed by atoms with Crippen LogP contribution in [-0.2, 0) is 20.9 Å². The molecule has 36 heavy (non-hydrogen) atoms. The van der Waals surface area contributed by atoms with Gasteiger partial charge < -0.3 is 4.90 Å². The highest BCUT2D eigenvalue weighted by Gasteiger charge is 2.45. The van der Waals surface area contributed by atoms with Gasteiger partial charge in [0.15, 0.2) is 4.34 Å². The van der Waals surface area contributed by atoms with Crippen molar-refractivity contribution in [2.24, 2.45) is 0 Å². The number of anilines is 1. The molecular weight excluding hydrogens is 490 g/mol. The summed E-state index contributed by atoms with van der Waals surface area (Å²) in [5.41, 5.74) is 2.34. The molecule has 182 valence electrons. The number of nitrogens with zero attached hydrogens (tertiary/aromatic N) is 3. The van der Waals surface area contributed by atoms with Gasteiger partial charge >= 0.3 is 0 Å². The lowest BCUT2D eigenvalue weighted by molar-refractivity contribution is -0.138. The van der Waals surface area contributed by atoms with Gasteiger partial charge in [-0.15, -0.1) is 11.3 Å². The molecule has 3 amide bonds. The van der Waals surface area contributed by atoms with Crippen molar-refractivity contribution in [3.05, 3.63) is 90.5 Å². The van der Waals surface area contributed by atoms with Crippen molar-refractivity contribution in [3.8, 4) is 0 Å². The smallest absolute Gasteiger partial charge is 0.257 e. The van der Waals surface area contributed by atoms with Crippen molar-refractivity contribution in [1.29, 1.82) is 0 Å². The van der Waals surface area contributed by atoms with Crippen molar-refractivity contribution in [3.63, 3.8) is 0 Å². The number of para-hydroxylation sites is 2. The lowest BCUT2D eigenvalue weighted by Gasteiger charge is -2.30. The molecule has 2 heterocycles. The quantitative estimate of drug-likeness (QED) is 0.228. The molecule has 0 N–H and O–H groups in total. The number of fused-ring (bicyclic) bond motifs is 1. The maximum Gasteiger partial charge on any atom is 0.257 e. The number of benzene rings is 3. The van der Waals surface area contributed by atoms with Crippen molar-refractivity contribution in [2.75, 3.05) is 4.90 Å². The molecule has 4 aromatic rings. The van der Waals surface area contributed by atoms with Gasteiger partial charge in [-0.2, -0.15) is 0 Å². The Kier molecular flexibility index (Phi) is 7.16. The standard InChI is InChI=1S/C28H25N3O3S2/c1-2-23(35-28-29-21-15-9-10-16-24(21)36-28)27(34)30(18-19-11-5-3-6-12-19)22-17-25(32)31(26(22)33)20-13-7-4-8-14-20/h3-16,22-23H,2,17-18H2,1H3. The highest BCUT2D eigenvalue weighted by molar-refractivity contribution is 8.02. The zero-order chi connectivity index (χ0) is 25.1. The zero-order valence-corrected chi connectivity index (χ0v) is 21.4. The van der Waals surface area contributed by atoms with E-state index in [1.54, 1.807) is 40.5 Å². The maximum atomic E-state index is 14.0. The largest absolute Gasteiger partial charge is 0.325 e. The number of aromatic nitrogens is 1. The summed E-state index contributed by atoms with van der Waals surface area (Å²) < 4.78 is 1.88. The monoisotopic (exact) mass is 515 g/mol. The molecule has 0 bridgehead atoms. The van der Waals surface area contributed by atoms with Crippen LogP contribution in [0.3, 0.4) is 0 Å². The number of thiazole rings is 1. The molecule has 5 rings (SSSR count). The van der Waals surface area contributed by atoms with Crippen LogP contribution >= 0.6 is 23.1 Å². The van der Waals surface area contributed by atoms with Crippen LogP contribution in [0.5, 0.6) is 0 Å². The van der Waals surface area contributed by atoms with Crippen LogP contribution in [0.2, 0.25) is 0 Å². The first-order valence-corrected chi connectivity index (χ1v) is 13.5. The average molecular weight is 516 g/mol. The molecular formula is C28H25N3O3S2. The van der Waals surface area contributed by atoms with Crippen LogP contribution < -0.4 is 4.90 Å². The van der Waals surface area contributed by atoms with Crippen LogP contribution in [0.4, 0.5) is 5.69 Å². The fourth-order valence-electron chi connectivity index (χ4n) is 4.35. The molecule has 0 radical (unpaired) electrons. The van der Waals surface area contributed by atoms with Crippen LogP contribution in [0, 0.1) is 0 Å². The fourth-order valence-corrected chi connectivity index (χ4v) is 6.65. The molecule has 0 aliphatic carbocycles. The number of amides is 3. The van der Waals surface area contributed by atoms with Gasteiger partial charge in [0.1, 0.15) is 6.04 Å². The van der Waals surface area contributed by atoms with E-state index in [1.165, 1.54) is 16.7 Å². The lowest BCUT2D eigenvalue weighted by Crippen LogP contribution is -2.48. The second kappa shape index (κ2) is 10.6. The van der Waals surface area contributed by atoms with E-state index in [9.17, 15) is 14.4 Å². The van der Waals surface area contributed by atoms with E-state index in [-0.39, 0.29) is 30.7 Å². The Balaban J connectivity index is 1.44. The first-order chi connectivity index (χ1) is 17.5. The summed E-state index contributed by atoms with van der Waals surface area (Å²) in [5, 5.41) is -0.428. The van der Waals surface area contributed by atoms with Crippen LogP contribution in [0.1, 0.15) is 25.3 Å². The molecule has 6 nitrogen and oxygen atoms in total. The van der Waals surface area contributed by atoms with E-state index in [4.69, 9.17) is 0 Å². The molecule has 1 aliphatic heterocycles. The van der Waals surface area contributed by atoms with E-state index < -0.39 is 11.3 Å². The number of rotatable bonds is 8. The molecule has 1 fully saturated rings. The van der Waals surface area contributed by atoms with Crippen molar-refractivity contribution < 1.29 is 14.4 Å². The number of imide groups is 1. The zero-order valence-electron chi connectivity index (χ0n) is 19.7. The van der Waals surface area contributed by atoms with Crippen LogP contribution in [0.15, 0.2) is 89.3 Å². The summed E-state index contributed by atoms with van der Waals surface area (Å²) in [6.07, 6.45) is 0.538. The van der Waals surface area contributed by atoms with E-state index in [0.717, 1.165) is 20.1 Å². The van der Waals surface area contributed by atoms with Gasteiger partial charge in [0.2, 0.25) is 11.8 Å². The van der Waals surface area contributed by atoms with E-state index in [1.807, 2.05) is 67.6 Å². The second-order valence-corrected chi connectivity index (χ2v) is 11.0. The van der Waals surface area contributed by atoms with Gasteiger partial charge in [0.25, 0.3) is 5.91 Å². The predicted molar refractivity (Wildman–Crippen MR) is 144 cm³/mol. The number of hydrogen-bond acceptors (Lipinski definition) is 6. The van der Waals surface area contributed by atoms with Gasteiger partial charge in [-0.25, -0.2) is 9.88 Å². The first-order valence-electron chi connectivity index (χ1n) is 11.8. The highest BCUT2D eigenvalue weighted by Crippen LogP contribution is 2.35. The van der Waals surface area contributed by atoms with Crippen molar-refractivity contribution in [1.82, 2.24) is 9.88 Å². The minimum absolute atomic E-state index is 0.0332. The van der Waals surface area contributed by atoms with E-state index >= 15 is 0 Å². The number of hydrogen-bond donors (Lipinski definition) is 0. The average Bonchev–Trinajstić information content (AvgIpc) is 3.45. The Hall–Kier alpha value is -3.49. The molecule has 0 spiro atoms. The van der Waals surface area contributed by atoms with Gasteiger partial charge in [-0.1, -0.05) is 79.3 Å². The van der Waals surface area contributed by atoms with Crippen LogP contribution in [-0.4, -0.2) is 38.9 Å². The molecule has 1 aliphatic rings. The van der Waals surface area contributed by atoms with Crippen LogP contribution in [0.25, 0.3) is 10.2 Å².